The van der Waals surface area contributed by atoms with Gasteiger partial charge in [-0.15, -0.1) is 0 Å². The zero-order valence-electron chi connectivity index (χ0n) is 20.9. The highest BCUT2D eigenvalue weighted by Gasteiger charge is 2.23. The number of primary amides is 1. The third kappa shape index (κ3) is 5.12. The molecule has 1 saturated heterocycles. The van der Waals surface area contributed by atoms with E-state index in [0.717, 1.165) is 55.4 Å². The number of amides is 2. The Kier molecular flexibility index (Phi) is 7.31. The van der Waals surface area contributed by atoms with Crippen LogP contribution < -0.4 is 15.2 Å². The van der Waals surface area contributed by atoms with Gasteiger partial charge in [0.2, 0.25) is 5.91 Å². The van der Waals surface area contributed by atoms with Crippen LogP contribution in [0.15, 0.2) is 42.6 Å². The molecule has 0 aliphatic carbocycles. The van der Waals surface area contributed by atoms with Crippen molar-refractivity contribution in [2.24, 2.45) is 5.73 Å². The molecular weight excluding hydrogens is 444 g/mol. The van der Waals surface area contributed by atoms with Crippen molar-refractivity contribution >= 4 is 22.7 Å². The van der Waals surface area contributed by atoms with Gasteiger partial charge in [-0.3, -0.25) is 9.59 Å². The van der Waals surface area contributed by atoms with Crippen LogP contribution in [0.5, 0.6) is 11.5 Å². The van der Waals surface area contributed by atoms with E-state index < -0.39 is 5.91 Å². The Hall–Kier alpha value is -3.52. The van der Waals surface area contributed by atoms with Gasteiger partial charge in [0.25, 0.3) is 5.91 Å². The fraction of sp³-hybridized carbons (Fsp3) is 0.407. The lowest BCUT2D eigenvalue weighted by Gasteiger charge is -2.33. The van der Waals surface area contributed by atoms with Crippen LogP contribution in [0, 0.1) is 0 Å². The van der Waals surface area contributed by atoms with E-state index in [-0.39, 0.29) is 5.91 Å². The maximum Gasteiger partial charge on any atom is 0.253 e. The maximum atomic E-state index is 12.4. The lowest BCUT2D eigenvalue weighted by molar-refractivity contribution is 0.0826. The number of likely N-dealkylation sites (tertiary alicyclic amines) is 1. The molecule has 1 fully saturated rings. The Morgan fingerprint density at radius 3 is 2.23 bits per heavy atom. The van der Waals surface area contributed by atoms with Gasteiger partial charge in [-0.05, 0) is 55.0 Å². The van der Waals surface area contributed by atoms with Crippen LogP contribution in [0.3, 0.4) is 0 Å². The molecule has 8 nitrogen and oxygen atoms in total. The zero-order chi connectivity index (χ0) is 25.1. The minimum atomic E-state index is -0.403. The van der Waals surface area contributed by atoms with Crippen molar-refractivity contribution in [2.75, 3.05) is 47.9 Å². The van der Waals surface area contributed by atoms with Crippen molar-refractivity contribution in [1.82, 2.24) is 14.4 Å². The number of aromatic nitrogens is 1. The van der Waals surface area contributed by atoms with E-state index in [1.54, 1.807) is 51.4 Å². The largest absolute Gasteiger partial charge is 0.496 e. The molecule has 2 amide bonds. The quantitative estimate of drug-likeness (QED) is 0.536. The first-order chi connectivity index (χ1) is 16.8. The molecule has 8 heteroatoms. The van der Waals surface area contributed by atoms with Gasteiger partial charge in [-0.2, -0.15) is 0 Å². The smallest absolute Gasteiger partial charge is 0.253 e. The molecule has 1 aliphatic heterocycles. The number of ether oxygens (including phenoxy) is 2. The molecule has 3 aromatic rings. The van der Waals surface area contributed by atoms with Crippen LogP contribution in [0.4, 0.5) is 0 Å². The number of carbonyl (C=O) groups is 2. The molecule has 2 heterocycles. The topological polar surface area (TPSA) is 90.0 Å². The summed E-state index contributed by atoms with van der Waals surface area (Å²) in [6.45, 7) is 2.82. The van der Waals surface area contributed by atoms with Gasteiger partial charge in [0.15, 0.2) is 0 Å². The van der Waals surface area contributed by atoms with E-state index in [2.05, 4.69) is 21.7 Å². The number of hydrogen-bond acceptors (Lipinski definition) is 5. The van der Waals surface area contributed by atoms with E-state index in [1.807, 2.05) is 12.1 Å². The minimum absolute atomic E-state index is 0.0873. The Labute approximate surface area is 206 Å². The molecule has 0 spiro atoms. The van der Waals surface area contributed by atoms with E-state index in [9.17, 15) is 9.59 Å². The number of nitrogens with zero attached hydrogens (tertiary/aromatic N) is 3. The zero-order valence-corrected chi connectivity index (χ0v) is 20.9. The molecule has 35 heavy (non-hydrogen) atoms. The number of methoxy groups -OCH3 is 2. The Balaban J connectivity index is 1.43. The molecular formula is C27H34N4O4. The van der Waals surface area contributed by atoms with Crippen molar-refractivity contribution in [3.8, 4) is 11.5 Å². The summed E-state index contributed by atoms with van der Waals surface area (Å²) in [4.78, 5) is 28.1. The number of carbonyl (C=O) groups excluding carboxylic acids is 2. The molecule has 1 aromatic heterocycles. The van der Waals surface area contributed by atoms with E-state index in [4.69, 9.17) is 15.2 Å². The number of fused-ring (bicyclic) bond motifs is 1. The van der Waals surface area contributed by atoms with Crippen LogP contribution in [0.2, 0.25) is 0 Å². The van der Waals surface area contributed by atoms with Crippen molar-refractivity contribution in [3.05, 3.63) is 59.3 Å². The molecule has 186 valence electrons. The summed E-state index contributed by atoms with van der Waals surface area (Å²) in [5, 5.41) is 1.12. The Morgan fingerprint density at radius 2 is 1.66 bits per heavy atom. The van der Waals surface area contributed by atoms with Gasteiger partial charge in [-0.1, -0.05) is 6.07 Å². The second kappa shape index (κ2) is 10.4. The van der Waals surface area contributed by atoms with Crippen LogP contribution in [0.1, 0.15) is 45.2 Å². The first kappa shape index (κ1) is 24.6. The van der Waals surface area contributed by atoms with Crippen molar-refractivity contribution < 1.29 is 19.1 Å². The summed E-state index contributed by atoms with van der Waals surface area (Å²) in [6, 6.07) is 11.7. The molecule has 4 rings (SSSR count). The monoisotopic (exact) mass is 478 g/mol. The fourth-order valence-electron chi connectivity index (χ4n) is 4.92. The number of hydrogen-bond donors (Lipinski definition) is 1. The molecule has 0 atom stereocenters. The normalized spacial score (nSPS) is 14.7. The maximum absolute atomic E-state index is 12.4. The molecule has 0 unspecified atom stereocenters. The fourth-order valence-corrected chi connectivity index (χ4v) is 4.92. The van der Waals surface area contributed by atoms with E-state index in [1.165, 1.54) is 0 Å². The second-order valence-corrected chi connectivity index (χ2v) is 9.24. The summed E-state index contributed by atoms with van der Waals surface area (Å²) in [5.74, 6) is 0.858. The lowest BCUT2D eigenvalue weighted by Crippen LogP contribution is -2.36. The van der Waals surface area contributed by atoms with E-state index in [0.29, 0.717) is 28.7 Å². The summed E-state index contributed by atoms with van der Waals surface area (Å²) in [5.41, 5.74) is 8.61. The van der Waals surface area contributed by atoms with Gasteiger partial charge in [0.05, 0.1) is 14.2 Å². The molecule has 2 aromatic carbocycles. The highest BCUT2D eigenvalue weighted by molar-refractivity contribution is 5.97. The van der Waals surface area contributed by atoms with Crippen molar-refractivity contribution in [1.29, 1.82) is 0 Å². The van der Waals surface area contributed by atoms with Crippen LogP contribution in [-0.4, -0.2) is 74.1 Å². The van der Waals surface area contributed by atoms with Crippen LogP contribution in [0.25, 0.3) is 10.9 Å². The summed E-state index contributed by atoms with van der Waals surface area (Å²) in [6.07, 6.45) is 4.92. The van der Waals surface area contributed by atoms with Crippen molar-refractivity contribution in [3.63, 3.8) is 0 Å². The number of rotatable bonds is 8. The summed E-state index contributed by atoms with van der Waals surface area (Å²) < 4.78 is 13.5. The van der Waals surface area contributed by atoms with Crippen LogP contribution >= 0.6 is 0 Å². The third-order valence-corrected chi connectivity index (χ3v) is 6.90. The van der Waals surface area contributed by atoms with Gasteiger partial charge in [0, 0.05) is 68.2 Å². The number of benzene rings is 2. The standard InChI is InChI=1S/C27H34N4O4/c1-29(2)27(33)20-16-24(34-3)22(25(17-20)35-4)10-13-30-11-8-21(9-12-30)31-14-7-18-5-6-19(26(28)32)15-23(18)31/h5-7,14-17,21H,8-13H2,1-4H3,(H2,28,32). The highest BCUT2D eigenvalue weighted by atomic mass is 16.5. The van der Waals surface area contributed by atoms with Gasteiger partial charge in [-0.25, -0.2) is 0 Å². The summed E-state index contributed by atoms with van der Waals surface area (Å²) in [7, 11) is 6.70. The molecule has 2 N–H and O–H groups in total. The Bertz CT molecular complexity index is 1200. The number of nitrogens with two attached hydrogens (primary N) is 1. The highest BCUT2D eigenvalue weighted by Crippen LogP contribution is 2.33. The molecule has 0 radical (unpaired) electrons. The predicted octanol–water partition coefficient (Wildman–Crippen LogP) is 3.34. The average Bonchev–Trinajstić information content (AvgIpc) is 3.30. The molecule has 0 bridgehead atoms. The average molecular weight is 479 g/mol. The third-order valence-electron chi connectivity index (χ3n) is 6.90. The minimum Gasteiger partial charge on any atom is -0.496 e. The predicted molar refractivity (Wildman–Crippen MR) is 136 cm³/mol. The summed E-state index contributed by atoms with van der Waals surface area (Å²) >= 11 is 0. The SMILES string of the molecule is COc1cc(C(=O)N(C)C)cc(OC)c1CCN1CCC(n2ccc3ccc(C(N)=O)cc32)CC1. The number of piperidine rings is 1. The lowest BCUT2D eigenvalue weighted by atomic mass is 10.0. The Morgan fingerprint density at radius 1 is 1.00 bits per heavy atom. The van der Waals surface area contributed by atoms with Gasteiger partial charge < -0.3 is 29.6 Å². The van der Waals surface area contributed by atoms with Crippen LogP contribution in [-0.2, 0) is 6.42 Å². The molecule has 1 aliphatic rings. The first-order valence-corrected chi connectivity index (χ1v) is 11.9. The first-order valence-electron chi connectivity index (χ1n) is 11.9. The van der Waals surface area contributed by atoms with E-state index >= 15 is 0 Å². The molecule has 0 saturated carbocycles. The van der Waals surface area contributed by atoms with Gasteiger partial charge >= 0.3 is 0 Å². The van der Waals surface area contributed by atoms with Gasteiger partial charge in [0.1, 0.15) is 11.5 Å². The van der Waals surface area contributed by atoms with Crippen molar-refractivity contribution in [2.45, 2.75) is 25.3 Å². The second-order valence-electron chi connectivity index (χ2n) is 9.24.